The summed E-state index contributed by atoms with van der Waals surface area (Å²) in [6.07, 6.45) is 2.29. The van der Waals surface area contributed by atoms with Gasteiger partial charge in [-0.15, -0.1) is 0 Å². The maximum Gasteiger partial charge on any atom is 0.240 e. The Morgan fingerprint density at radius 1 is 1.26 bits per heavy atom. The van der Waals surface area contributed by atoms with Gasteiger partial charge in [-0.25, -0.2) is 5.01 Å². The molecule has 1 aromatic heterocycles. The summed E-state index contributed by atoms with van der Waals surface area (Å²) in [6.45, 7) is 1.53. The first-order valence-corrected chi connectivity index (χ1v) is 6.22. The van der Waals surface area contributed by atoms with Crippen LogP contribution in [0.25, 0.3) is 0 Å². The highest BCUT2D eigenvalue weighted by Crippen LogP contribution is 2.32. The fourth-order valence-corrected chi connectivity index (χ4v) is 2.33. The summed E-state index contributed by atoms with van der Waals surface area (Å²) in [5, 5.41) is 5.93. The van der Waals surface area contributed by atoms with Crippen LogP contribution >= 0.6 is 0 Å². The molecule has 0 aliphatic carbocycles. The van der Waals surface area contributed by atoms with E-state index in [0.29, 0.717) is 6.42 Å². The summed E-state index contributed by atoms with van der Waals surface area (Å²) in [6, 6.07) is 13.6. The zero-order valence-electron chi connectivity index (χ0n) is 10.6. The van der Waals surface area contributed by atoms with E-state index in [1.165, 1.54) is 11.9 Å². The summed E-state index contributed by atoms with van der Waals surface area (Å²) >= 11 is 0. The van der Waals surface area contributed by atoms with Crippen molar-refractivity contribution in [3.8, 4) is 0 Å². The van der Waals surface area contributed by atoms with Crippen LogP contribution in [0.3, 0.4) is 0 Å². The lowest BCUT2D eigenvalue weighted by Gasteiger charge is -2.20. The van der Waals surface area contributed by atoms with E-state index >= 15 is 0 Å². The molecule has 0 spiro atoms. The molecule has 1 atom stereocenters. The highest BCUT2D eigenvalue weighted by Gasteiger charge is 2.32. The quantitative estimate of drug-likeness (QED) is 0.827. The van der Waals surface area contributed by atoms with Crippen molar-refractivity contribution in [2.24, 2.45) is 5.10 Å². The molecule has 0 saturated carbocycles. The second-order valence-corrected chi connectivity index (χ2v) is 4.52. The largest absolute Gasteiger partial charge is 0.463 e. The average Bonchev–Trinajstić information content (AvgIpc) is 3.08. The van der Waals surface area contributed by atoms with Crippen LogP contribution in [-0.2, 0) is 4.79 Å². The van der Waals surface area contributed by atoms with E-state index in [4.69, 9.17) is 4.42 Å². The second-order valence-electron chi connectivity index (χ2n) is 4.52. The van der Waals surface area contributed by atoms with E-state index in [1.807, 2.05) is 42.5 Å². The van der Waals surface area contributed by atoms with Crippen LogP contribution in [0.15, 0.2) is 58.2 Å². The number of carbonyl (C=O) groups is 1. The van der Waals surface area contributed by atoms with Crippen LogP contribution in [0.5, 0.6) is 0 Å². The van der Waals surface area contributed by atoms with Gasteiger partial charge in [-0.2, -0.15) is 5.10 Å². The number of nitrogens with zero attached hydrogens (tertiary/aromatic N) is 2. The Hall–Kier alpha value is -2.36. The highest BCUT2D eigenvalue weighted by atomic mass is 16.3. The van der Waals surface area contributed by atoms with Crippen molar-refractivity contribution in [3.63, 3.8) is 0 Å². The van der Waals surface area contributed by atoms with Crippen molar-refractivity contribution in [2.75, 3.05) is 0 Å². The molecule has 96 valence electrons. The summed E-state index contributed by atoms with van der Waals surface area (Å²) < 4.78 is 5.36. The third-order valence-electron chi connectivity index (χ3n) is 3.22. The van der Waals surface area contributed by atoms with Crippen LogP contribution in [0.1, 0.15) is 30.7 Å². The number of rotatable bonds is 2. The van der Waals surface area contributed by atoms with Gasteiger partial charge in [-0.1, -0.05) is 30.3 Å². The number of hydrazone groups is 1. The van der Waals surface area contributed by atoms with Crippen molar-refractivity contribution in [1.29, 1.82) is 0 Å². The number of amides is 1. The molecule has 4 nitrogen and oxygen atoms in total. The van der Waals surface area contributed by atoms with Crippen LogP contribution in [0.4, 0.5) is 0 Å². The molecular weight excluding hydrogens is 240 g/mol. The van der Waals surface area contributed by atoms with Gasteiger partial charge in [0.25, 0.3) is 0 Å². The molecule has 1 amide bonds. The number of benzene rings is 1. The third kappa shape index (κ3) is 2.17. The van der Waals surface area contributed by atoms with E-state index in [1.54, 1.807) is 6.26 Å². The van der Waals surface area contributed by atoms with Gasteiger partial charge < -0.3 is 4.42 Å². The molecule has 1 aliphatic heterocycles. The number of furan rings is 1. The monoisotopic (exact) mass is 254 g/mol. The van der Waals surface area contributed by atoms with E-state index in [-0.39, 0.29) is 11.9 Å². The zero-order chi connectivity index (χ0) is 13.2. The van der Waals surface area contributed by atoms with Crippen molar-refractivity contribution < 1.29 is 9.21 Å². The normalized spacial score (nSPS) is 18.5. The van der Waals surface area contributed by atoms with Gasteiger partial charge in [-0.3, -0.25) is 4.79 Å². The molecule has 2 aromatic rings. The van der Waals surface area contributed by atoms with Gasteiger partial charge in [-0.05, 0) is 17.7 Å². The molecular formula is C15H14N2O2. The fourth-order valence-electron chi connectivity index (χ4n) is 2.33. The molecule has 0 bridgehead atoms. The van der Waals surface area contributed by atoms with Gasteiger partial charge in [0.2, 0.25) is 5.91 Å². The summed E-state index contributed by atoms with van der Waals surface area (Å²) in [5.74, 6) is 0.667. The van der Waals surface area contributed by atoms with Gasteiger partial charge in [0, 0.05) is 13.3 Å². The minimum atomic E-state index is -0.0598. The van der Waals surface area contributed by atoms with Crippen molar-refractivity contribution in [3.05, 3.63) is 60.1 Å². The van der Waals surface area contributed by atoms with Gasteiger partial charge >= 0.3 is 0 Å². The van der Waals surface area contributed by atoms with E-state index in [0.717, 1.165) is 17.0 Å². The molecule has 1 aliphatic rings. The highest BCUT2D eigenvalue weighted by molar-refractivity contribution is 6.00. The molecule has 0 radical (unpaired) electrons. The van der Waals surface area contributed by atoms with E-state index in [9.17, 15) is 4.79 Å². The van der Waals surface area contributed by atoms with Crippen LogP contribution in [0.2, 0.25) is 0 Å². The summed E-state index contributed by atoms with van der Waals surface area (Å²) in [5.41, 5.74) is 1.90. The topological polar surface area (TPSA) is 45.8 Å². The van der Waals surface area contributed by atoms with Crippen LogP contribution in [-0.4, -0.2) is 16.6 Å². The van der Waals surface area contributed by atoms with Gasteiger partial charge in [0.05, 0.1) is 12.3 Å². The predicted molar refractivity (Wildman–Crippen MR) is 71.6 cm³/mol. The smallest absolute Gasteiger partial charge is 0.240 e. The standard InChI is InChI=1S/C15H14N2O2/c1-11(18)17-14(12-6-3-2-4-7-12)10-13(16-17)15-8-5-9-19-15/h2-9,14H,10H2,1H3/t14-/m0/s1. The lowest BCUT2D eigenvalue weighted by Crippen LogP contribution is -2.24. The Balaban J connectivity index is 1.94. The van der Waals surface area contributed by atoms with Crippen LogP contribution < -0.4 is 0 Å². The minimum absolute atomic E-state index is 0.0428. The number of hydrogen-bond donors (Lipinski definition) is 0. The Morgan fingerprint density at radius 2 is 2.05 bits per heavy atom. The van der Waals surface area contributed by atoms with Gasteiger partial charge in [0.15, 0.2) is 0 Å². The fraction of sp³-hybridized carbons (Fsp3) is 0.200. The Kier molecular flexibility index (Phi) is 2.91. The average molecular weight is 254 g/mol. The molecule has 3 rings (SSSR count). The molecule has 0 N–H and O–H groups in total. The summed E-state index contributed by atoms with van der Waals surface area (Å²) in [4.78, 5) is 11.7. The first-order valence-electron chi connectivity index (χ1n) is 6.22. The van der Waals surface area contributed by atoms with E-state index < -0.39 is 0 Å². The molecule has 19 heavy (non-hydrogen) atoms. The SMILES string of the molecule is CC(=O)N1N=C(c2ccco2)C[C@H]1c1ccccc1. The zero-order valence-corrected chi connectivity index (χ0v) is 10.6. The maximum absolute atomic E-state index is 11.7. The van der Waals surface area contributed by atoms with Crippen molar-refractivity contribution in [2.45, 2.75) is 19.4 Å². The molecule has 0 fully saturated rings. The number of carbonyl (C=O) groups excluding carboxylic acids is 1. The lowest BCUT2D eigenvalue weighted by atomic mass is 10.0. The summed E-state index contributed by atoms with van der Waals surface area (Å²) in [7, 11) is 0. The lowest BCUT2D eigenvalue weighted by molar-refractivity contribution is -0.130. The molecule has 0 saturated heterocycles. The third-order valence-corrected chi connectivity index (χ3v) is 3.22. The Bertz CT molecular complexity index is 602. The molecule has 0 unspecified atom stereocenters. The molecule has 4 heteroatoms. The van der Waals surface area contributed by atoms with E-state index in [2.05, 4.69) is 5.10 Å². The predicted octanol–water partition coefficient (Wildman–Crippen LogP) is 2.98. The van der Waals surface area contributed by atoms with Crippen LogP contribution in [0, 0.1) is 0 Å². The first-order chi connectivity index (χ1) is 9.25. The second kappa shape index (κ2) is 4.72. The molecule has 2 heterocycles. The van der Waals surface area contributed by atoms with Gasteiger partial charge in [0.1, 0.15) is 11.5 Å². The first kappa shape index (κ1) is 11.7. The Morgan fingerprint density at radius 3 is 2.68 bits per heavy atom. The number of hydrogen-bond acceptors (Lipinski definition) is 3. The molecule has 1 aromatic carbocycles. The van der Waals surface area contributed by atoms with Crippen molar-refractivity contribution >= 4 is 11.6 Å². The Labute approximate surface area is 111 Å². The minimum Gasteiger partial charge on any atom is -0.463 e. The van der Waals surface area contributed by atoms with Crippen molar-refractivity contribution in [1.82, 2.24) is 5.01 Å². The maximum atomic E-state index is 11.7.